The summed E-state index contributed by atoms with van der Waals surface area (Å²) in [6.45, 7) is 0. The minimum Gasteiger partial charge on any atom is -0.497 e. The second-order valence-corrected chi connectivity index (χ2v) is 8.39. The number of anilines is 1. The van der Waals surface area contributed by atoms with Crippen LogP contribution in [0.25, 0.3) is 11.1 Å². The molecule has 172 valence electrons. The normalized spacial score (nSPS) is 14.8. The van der Waals surface area contributed by atoms with Crippen LogP contribution in [0.4, 0.5) is 5.69 Å². The van der Waals surface area contributed by atoms with Crippen LogP contribution >= 0.6 is 11.3 Å². The Morgan fingerprint density at radius 2 is 1.64 bits per heavy atom. The molecule has 0 bridgehead atoms. The summed E-state index contributed by atoms with van der Waals surface area (Å²) in [5.74, 6) is 0.385. The average molecular weight is 470 g/mol. The number of ether oxygens (including phenoxy) is 4. The number of methoxy groups -OCH3 is 4. The number of carbonyl (C=O) groups is 2. The zero-order valence-electron chi connectivity index (χ0n) is 18.6. The molecule has 2 aromatic carbocycles. The van der Waals surface area contributed by atoms with Gasteiger partial charge in [-0.3, -0.25) is 4.79 Å². The minimum atomic E-state index is -1.06. The van der Waals surface area contributed by atoms with Crippen molar-refractivity contribution in [1.82, 2.24) is 0 Å². The van der Waals surface area contributed by atoms with Crippen molar-refractivity contribution >= 4 is 28.9 Å². The Bertz CT molecular complexity index is 1190. The minimum absolute atomic E-state index is 0.157. The first kappa shape index (κ1) is 22.5. The van der Waals surface area contributed by atoms with Crippen LogP contribution in [0.1, 0.15) is 32.5 Å². The van der Waals surface area contributed by atoms with Crippen molar-refractivity contribution in [2.24, 2.45) is 0 Å². The molecular formula is C24H23NO7S. The fourth-order valence-electron chi connectivity index (χ4n) is 4.04. The molecule has 0 spiro atoms. The second kappa shape index (κ2) is 9.03. The Morgan fingerprint density at radius 3 is 2.15 bits per heavy atom. The van der Waals surface area contributed by atoms with E-state index in [1.54, 1.807) is 43.5 Å². The maximum Gasteiger partial charge on any atom is 0.346 e. The molecule has 1 amide bonds. The monoisotopic (exact) mass is 469 g/mol. The molecule has 1 aliphatic rings. The van der Waals surface area contributed by atoms with Gasteiger partial charge in [-0.25, -0.2) is 4.79 Å². The van der Waals surface area contributed by atoms with Crippen LogP contribution in [0.15, 0.2) is 36.4 Å². The topological polar surface area (TPSA) is 103 Å². The van der Waals surface area contributed by atoms with Gasteiger partial charge in [0.25, 0.3) is 0 Å². The Morgan fingerprint density at radius 1 is 1.00 bits per heavy atom. The maximum absolute atomic E-state index is 12.7. The molecular weight excluding hydrogens is 446 g/mol. The number of thiophene rings is 1. The number of fused-ring (bicyclic) bond motifs is 1. The van der Waals surface area contributed by atoms with E-state index in [1.807, 2.05) is 0 Å². The van der Waals surface area contributed by atoms with Crippen molar-refractivity contribution in [3.8, 4) is 34.1 Å². The van der Waals surface area contributed by atoms with Gasteiger partial charge in [-0.1, -0.05) is 12.1 Å². The van der Waals surface area contributed by atoms with Gasteiger partial charge in [-0.05, 0) is 35.4 Å². The van der Waals surface area contributed by atoms with Crippen molar-refractivity contribution in [2.75, 3.05) is 33.8 Å². The van der Waals surface area contributed by atoms with E-state index in [1.165, 1.54) is 21.3 Å². The van der Waals surface area contributed by atoms with E-state index < -0.39 is 5.97 Å². The number of amides is 1. The first-order chi connectivity index (χ1) is 15.9. The first-order valence-electron chi connectivity index (χ1n) is 10.1. The lowest BCUT2D eigenvalue weighted by atomic mass is 9.88. The molecule has 9 heteroatoms. The highest BCUT2D eigenvalue weighted by Gasteiger charge is 2.35. The molecule has 8 nitrogen and oxygen atoms in total. The summed E-state index contributed by atoms with van der Waals surface area (Å²) in [6, 6.07) is 10.7. The molecule has 0 saturated carbocycles. The molecule has 2 N–H and O–H groups in total. The summed E-state index contributed by atoms with van der Waals surface area (Å²) in [7, 11) is 6.13. The van der Waals surface area contributed by atoms with Crippen LogP contribution in [0.2, 0.25) is 0 Å². The molecule has 4 rings (SSSR count). The van der Waals surface area contributed by atoms with Crippen molar-refractivity contribution in [1.29, 1.82) is 0 Å². The Hall–Kier alpha value is -3.72. The molecule has 2 heterocycles. The molecule has 0 fully saturated rings. The van der Waals surface area contributed by atoms with Gasteiger partial charge in [0.2, 0.25) is 11.7 Å². The van der Waals surface area contributed by atoms with E-state index in [4.69, 9.17) is 18.9 Å². The van der Waals surface area contributed by atoms with Gasteiger partial charge in [-0.2, -0.15) is 0 Å². The summed E-state index contributed by atoms with van der Waals surface area (Å²) in [4.78, 5) is 25.8. The predicted molar refractivity (Wildman–Crippen MR) is 124 cm³/mol. The molecule has 3 aromatic rings. The number of nitrogens with one attached hydrogen (secondary N) is 1. The van der Waals surface area contributed by atoms with E-state index in [0.29, 0.717) is 39.8 Å². The smallest absolute Gasteiger partial charge is 0.346 e. The number of hydrogen-bond acceptors (Lipinski definition) is 7. The van der Waals surface area contributed by atoms with E-state index in [0.717, 1.165) is 21.8 Å². The number of rotatable bonds is 7. The maximum atomic E-state index is 12.7. The Balaban J connectivity index is 1.91. The molecule has 0 radical (unpaired) electrons. The van der Waals surface area contributed by atoms with E-state index >= 15 is 0 Å². The fraction of sp³-hybridized carbons (Fsp3) is 0.250. The van der Waals surface area contributed by atoms with E-state index in [-0.39, 0.29) is 23.1 Å². The van der Waals surface area contributed by atoms with E-state index in [9.17, 15) is 14.7 Å². The van der Waals surface area contributed by atoms with Gasteiger partial charge >= 0.3 is 5.97 Å². The predicted octanol–water partition coefficient (Wildman–Crippen LogP) is 4.62. The molecule has 0 saturated heterocycles. The van der Waals surface area contributed by atoms with Gasteiger partial charge in [0.15, 0.2) is 11.5 Å². The fourth-order valence-corrected chi connectivity index (χ4v) is 5.29. The van der Waals surface area contributed by atoms with Crippen molar-refractivity contribution < 1.29 is 33.6 Å². The van der Waals surface area contributed by atoms with Crippen LogP contribution in [0.5, 0.6) is 23.0 Å². The third-order valence-electron chi connectivity index (χ3n) is 5.57. The quantitative estimate of drug-likeness (QED) is 0.520. The molecule has 0 aliphatic carbocycles. The first-order valence-corrected chi connectivity index (χ1v) is 10.9. The molecule has 1 aliphatic heterocycles. The SMILES string of the molecule is COc1ccc(-c2c(C(=O)O)sc3c2NC(=O)CC3c2cc(OC)c(OC)c(OC)c2)cc1. The number of hydrogen-bond donors (Lipinski definition) is 2. The molecule has 1 atom stereocenters. The van der Waals surface area contributed by atoms with Crippen LogP contribution in [-0.4, -0.2) is 45.4 Å². The summed E-state index contributed by atoms with van der Waals surface area (Å²) < 4.78 is 21.6. The highest BCUT2D eigenvalue weighted by Crippen LogP contribution is 2.51. The van der Waals surface area contributed by atoms with Gasteiger partial charge < -0.3 is 29.4 Å². The number of aromatic carboxylic acids is 1. The number of carbonyl (C=O) groups excluding carboxylic acids is 1. The summed E-state index contributed by atoms with van der Waals surface area (Å²) in [5.41, 5.74) is 2.44. The second-order valence-electron chi connectivity index (χ2n) is 7.34. The van der Waals surface area contributed by atoms with Gasteiger partial charge in [0.05, 0.1) is 34.1 Å². The summed E-state index contributed by atoms with van der Waals surface area (Å²) in [5, 5.41) is 12.8. The zero-order chi connectivity index (χ0) is 23.7. The van der Waals surface area contributed by atoms with Crippen molar-refractivity contribution in [3.63, 3.8) is 0 Å². The lowest BCUT2D eigenvalue weighted by Crippen LogP contribution is -2.22. The summed E-state index contributed by atoms with van der Waals surface area (Å²) >= 11 is 1.16. The van der Waals surface area contributed by atoms with E-state index in [2.05, 4.69) is 5.32 Å². The lowest BCUT2D eigenvalue weighted by Gasteiger charge is -2.25. The summed E-state index contributed by atoms with van der Waals surface area (Å²) in [6.07, 6.45) is 0.160. The van der Waals surface area contributed by atoms with Crippen LogP contribution in [0, 0.1) is 0 Å². The zero-order valence-corrected chi connectivity index (χ0v) is 19.4. The molecule has 1 aromatic heterocycles. The lowest BCUT2D eigenvalue weighted by molar-refractivity contribution is -0.116. The van der Waals surface area contributed by atoms with Crippen LogP contribution < -0.4 is 24.3 Å². The Kier molecular flexibility index (Phi) is 6.15. The number of benzene rings is 2. The molecule has 1 unspecified atom stereocenters. The molecule has 33 heavy (non-hydrogen) atoms. The third kappa shape index (κ3) is 3.95. The van der Waals surface area contributed by atoms with Crippen LogP contribution in [-0.2, 0) is 4.79 Å². The third-order valence-corrected chi connectivity index (χ3v) is 6.86. The average Bonchev–Trinajstić information content (AvgIpc) is 3.22. The van der Waals surface area contributed by atoms with Crippen LogP contribution in [0.3, 0.4) is 0 Å². The van der Waals surface area contributed by atoms with Gasteiger partial charge in [0, 0.05) is 22.8 Å². The largest absolute Gasteiger partial charge is 0.497 e. The van der Waals surface area contributed by atoms with Crippen molar-refractivity contribution in [3.05, 3.63) is 51.7 Å². The standard InChI is InChI=1S/C24H23NO7S/c1-29-14-7-5-12(6-8-14)19-20-22(33-23(19)24(27)28)15(11-18(26)25-20)13-9-16(30-2)21(32-4)17(10-13)31-3/h5-10,15H,11H2,1-4H3,(H,25,26)(H,27,28). The highest BCUT2D eigenvalue weighted by molar-refractivity contribution is 7.15. The Labute approximate surface area is 194 Å². The van der Waals surface area contributed by atoms with Gasteiger partial charge in [-0.15, -0.1) is 11.3 Å². The number of carboxylic acids is 1. The van der Waals surface area contributed by atoms with Gasteiger partial charge in [0.1, 0.15) is 10.6 Å². The number of carboxylic acid groups (broad SMARTS) is 1. The van der Waals surface area contributed by atoms with Crippen molar-refractivity contribution in [2.45, 2.75) is 12.3 Å². The highest BCUT2D eigenvalue weighted by atomic mass is 32.1.